The molecule has 0 saturated heterocycles. The molecular formula is C36H57KO7S. The molecule has 0 aliphatic heterocycles. The third kappa shape index (κ3) is 22.4. The zero-order valence-electron chi connectivity index (χ0n) is 28.4. The van der Waals surface area contributed by atoms with Crippen molar-refractivity contribution in [2.75, 3.05) is 13.2 Å². The number of allylic oxidation sites excluding steroid dienone is 4. The van der Waals surface area contributed by atoms with E-state index in [0.717, 1.165) is 70.3 Å². The average molecular weight is 673 g/mol. The van der Waals surface area contributed by atoms with Crippen LogP contribution in [-0.2, 0) is 19.6 Å². The zero-order chi connectivity index (χ0) is 32.3. The first-order chi connectivity index (χ1) is 21.3. The van der Waals surface area contributed by atoms with Gasteiger partial charge in [-0.3, -0.25) is 0 Å². The van der Waals surface area contributed by atoms with Crippen LogP contribution in [0.15, 0.2) is 47.4 Å². The van der Waals surface area contributed by atoms with Crippen molar-refractivity contribution in [3.63, 3.8) is 0 Å². The second kappa shape index (κ2) is 29.3. The van der Waals surface area contributed by atoms with Crippen LogP contribution in [0.2, 0.25) is 0 Å². The molecular weight excluding hydrogens is 616 g/mol. The summed E-state index contributed by atoms with van der Waals surface area (Å²) in [5, 5.41) is 0. The van der Waals surface area contributed by atoms with Crippen molar-refractivity contribution < 1.29 is 83.4 Å². The van der Waals surface area contributed by atoms with Crippen molar-refractivity contribution in [2.24, 2.45) is 0 Å². The van der Waals surface area contributed by atoms with Crippen molar-refractivity contribution in [1.29, 1.82) is 0 Å². The maximum atomic E-state index is 12.9. The van der Waals surface area contributed by atoms with Crippen molar-refractivity contribution >= 4 is 22.1 Å². The van der Waals surface area contributed by atoms with Crippen LogP contribution in [0, 0.1) is 0 Å². The van der Waals surface area contributed by atoms with Gasteiger partial charge in [-0.25, -0.2) is 18.0 Å². The molecule has 0 unspecified atom stereocenters. The molecule has 1 aromatic rings. The minimum atomic E-state index is -5.01. The smallest absolute Gasteiger partial charge is 0.744 e. The van der Waals surface area contributed by atoms with Gasteiger partial charge in [-0.05, 0) is 63.5 Å². The van der Waals surface area contributed by atoms with E-state index in [1.54, 1.807) is 0 Å². The predicted molar refractivity (Wildman–Crippen MR) is 177 cm³/mol. The molecule has 45 heavy (non-hydrogen) atoms. The Kier molecular flexibility index (Phi) is 28.8. The number of carbonyl (C=O) groups is 2. The Labute approximate surface area is 316 Å². The minimum absolute atomic E-state index is 0. The molecule has 0 atom stereocenters. The quantitative estimate of drug-likeness (QED) is 0.0330. The largest absolute Gasteiger partial charge is 1.00 e. The third-order valence-electron chi connectivity index (χ3n) is 7.52. The van der Waals surface area contributed by atoms with E-state index in [1.807, 2.05) is 0 Å². The summed E-state index contributed by atoms with van der Waals surface area (Å²) in [6.45, 7) is 4.52. The number of benzene rings is 1. The summed E-state index contributed by atoms with van der Waals surface area (Å²) in [7, 11) is -5.01. The molecule has 0 radical (unpaired) electrons. The van der Waals surface area contributed by atoms with Gasteiger partial charge in [0.25, 0.3) is 0 Å². The third-order valence-corrected chi connectivity index (χ3v) is 8.40. The molecule has 0 spiro atoms. The van der Waals surface area contributed by atoms with Gasteiger partial charge in [0.15, 0.2) is 0 Å². The maximum Gasteiger partial charge on any atom is 1.00 e. The maximum absolute atomic E-state index is 12.9. The van der Waals surface area contributed by atoms with E-state index in [-0.39, 0.29) is 70.2 Å². The molecule has 1 aromatic carbocycles. The van der Waals surface area contributed by atoms with Gasteiger partial charge in [-0.1, -0.05) is 121 Å². The second-order valence-corrected chi connectivity index (χ2v) is 12.7. The van der Waals surface area contributed by atoms with Crippen LogP contribution in [0.5, 0.6) is 0 Å². The number of hydrogen-bond donors (Lipinski definition) is 0. The molecule has 0 amide bonds. The molecule has 250 valence electrons. The van der Waals surface area contributed by atoms with Crippen LogP contribution < -0.4 is 51.4 Å². The van der Waals surface area contributed by atoms with Gasteiger partial charge < -0.3 is 14.0 Å². The molecule has 7 nitrogen and oxygen atoms in total. The Morgan fingerprint density at radius 1 is 0.622 bits per heavy atom. The summed E-state index contributed by atoms with van der Waals surface area (Å²) in [6, 6.07) is 3.59. The monoisotopic (exact) mass is 672 g/mol. The SMILES string of the molecule is CC/C=C/CCCCCCCCCCOC(=O)c1cccc(S(=O)(=O)[O-])c1C(=O)OCCCCCCCCCC/C=C/CC.[K+]. The summed E-state index contributed by atoms with van der Waals surface area (Å²) in [5.41, 5.74) is -0.794. The van der Waals surface area contributed by atoms with E-state index < -0.39 is 32.5 Å². The fraction of sp³-hybridized carbons (Fsp3) is 0.667. The Hall–Kier alpha value is -0.814. The van der Waals surface area contributed by atoms with Crippen LogP contribution in [0.1, 0.15) is 163 Å². The van der Waals surface area contributed by atoms with Crippen LogP contribution in [0.25, 0.3) is 0 Å². The van der Waals surface area contributed by atoms with E-state index in [0.29, 0.717) is 12.8 Å². The Balaban J connectivity index is 0.0000194. The van der Waals surface area contributed by atoms with Crippen molar-refractivity contribution in [3.8, 4) is 0 Å². The Bertz CT molecular complexity index is 1080. The Morgan fingerprint density at radius 2 is 1.02 bits per heavy atom. The summed E-state index contributed by atoms with van der Waals surface area (Å²) in [5.74, 6) is -1.83. The predicted octanol–water partition coefficient (Wildman–Crippen LogP) is 6.86. The number of rotatable bonds is 27. The van der Waals surface area contributed by atoms with Crippen LogP contribution in [-0.4, -0.2) is 38.1 Å². The fourth-order valence-electron chi connectivity index (χ4n) is 5.02. The molecule has 0 fully saturated rings. The van der Waals surface area contributed by atoms with E-state index in [9.17, 15) is 22.6 Å². The van der Waals surface area contributed by atoms with Crippen LogP contribution >= 0.6 is 0 Å². The number of carbonyl (C=O) groups excluding carboxylic acids is 2. The van der Waals surface area contributed by atoms with Gasteiger partial charge in [0.2, 0.25) is 0 Å². The fourth-order valence-corrected chi connectivity index (χ4v) is 5.71. The number of hydrogen-bond acceptors (Lipinski definition) is 7. The van der Waals surface area contributed by atoms with Gasteiger partial charge >= 0.3 is 63.3 Å². The molecule has 0 aliphatic carbocycles. The van der Waals surface area contributed by atoms with Gasteiger partial charge in [0.05, 0.1) is 29.2 Å². The number of ether oxygens (including phenoxy) is 2. The van der Waals surface area contributed by atoms with E-state index in [1.165, 1.54) is 63.5 Å². The first-order valence-corrected chi connectivity index (χ1v) is 18.5. The van der Waals surface area contributed by atoms with Crippen molar-refractivity contribution in [1.82, 2.24) is 0 Å². The molecule has 0 bridgehead atoms. The molecule has 0 N–H and O–H groups in total. The molecule has 0 saturated carbocycles. The summed E-state index contributed by atoms with van der Waals surface area (Å²) in [4.78, 5) is 24.9. The van der Waals surface area contributed by atoms with Gasteiger partial charge in [-0.2, -0.15) is 0 Å². The molecule has 0 aromatic heterocycles. The topological polar surface area (TPSA) is 110 Å². The van der Waals surface area contributed by atoms with E-state index in [2.05, 4.69) is 38.2 Å². The van der Waals surface area contributed by atoms with E-state index >= 15 is 0 Å². The van der Waals surface area contributed by atoms with Crippen molar-refractivity contribution in [3.05, 3.63) is 53.6 Å². The normalized spacial score (nSPS) is 11.6. The molecule has 1 rings (SSSR count). The summed E-state index contributed by atoms with van der Waals surface area (Å²) in [6.07, 6.45) is 30.5. The van der Waals surface area contributed by atoms with Gasteiger partial charge in [0, 0.05) is 0 Å². The zero-order valence-corrected chi connectivity index (χ0v) is 32.3. The first-order valence-electron chi connectivity index (χ1n) is 17.1. The second-order valence-electron chi connectivity index (χ2n) is 11.4. The van der Waals surface area contributed by atoms with Crippen molar-refractivity contribution in [2.45, 2.75) is 147 Å². The minimum Gasteiger partial charge on any atom is -0.744 e. The number of unbranched alkanes of at least 4 members (excludes halogenated alkanes) is 16. The summed E-state index contributed by atoms with van der Waals surface area (Å²) < 4.78 is 46.3. The average Bonchev–Trinajstić information content (AvgIpc) is 3.00. The molecule has 9 heteroatoms. The van der Waals surface area contributed by atoms with Crippen LogP contribution in [0.3, 0.4) is 0 Å². The number of esters is 2. The Morgan fingerprint density at radius 3 is 1.44 bits per heavy atom. The first kappa shape index (κ1) is 44.2. The summed E-state index contributed by atoms with van der Waals surface area (Å²) >= 11 is 0. The van der Waals surface area contributed by atoms with Gasteiger partial charge in [0.1, 0.15) is 10.1 Å². The molecule has 0 aliphatic rings. The van der Waals surface area contributed by atoms with Crippen LogP contribution in [0.4, 0.5) is 0 Å². The van der Waals surface area contributed by atoms with Gasteiger partial charge in [-0.15, -0.1) is 0 Å². The van der Waals surface area contributed by atoms with E-state index in [4.69, 9.17) is 9.47 Å². The molecule has 0 heterocycles. The standard InChI is InChI=1S/C36H58O7S.K/c1-3-5-7-9-11-13-15-17-19-21-23-25-30-42-35(37)32-28-27-29-33(44(39,40)41)34(32)36(38)43-31-26-24-22-20-18-16-14-12-10-8-6-4-2;/h5-8,27-29H,3-4,9-26,30-31H2,1-2H3,(H,39,40,41);/q;+1/p-1/b7-5+,8-6+;.